The first kappa shape index (κ1) is 13.9. The second-order valence-corrected chi connectivity index (χ2v) is 5.96. The lowest BCUT2D eigenvalue weighted by Gasteiger charge is -2.21. The van der Waals surface area contributed by atoms with Crippen LogP contribution in [-0.2, 0) is 6.54 Å². The number of rotatable bonds is 3. The minimum atomic E-state index is -0.0774. The van der Waals surface area contributed by atoms with Crippen LogP contribution in [0.5, 0.6) is 0 Å². The molecule has 3 rings (SSSR count). The van der Waals surface area contributed by atoms with Crippen molar-refractivity contribution in [3.05, 3.63) is 75.0 Å². The van der Waals surface area contributed by atoms with E-state index in [1.807, 2.05) is 43.4 Å². The van der Waals surface area contributed by atoms with Crippen molar-refractivity contribution in [3.8, 4) is 0 Å². The van der Waals surface area contributed by atoms with E-state index in [4.69, 9.17) is 0 Å². The van der Waals surface area contributed by atoms with E-state index in [1.165, 1.54) is 5.56 Å². The minimum absolute atomic E-state index is 0.0774. The molecule has 3 aromatic rings. The second kappa shape index (κ2) is 5.74. The molecule has 0 saturated carbocycles. The highest BCUT2D eigenvalue weighted by Crippen LogP contribution is 2.24. The first-order chi connectivity index (χ1) is 10.1. The van der Waals surface area contributed by atoms with Gasteiger partial charge in [0.15, 0.2) is 0 Å². The fraction of sp³-hybridized carbons (Fsp3) is 0.118. The Balaban J connectivity index is 1.99. The zero-order chi connectivity index (χ0) is 14.8. The number of hydrogen-bond acceptors (Lipinski definition) is 2. The number of para-hydroxylation sites is 1. The van der Waals surface area contributed by atoms with Gasteiger partial charge in [-0.1, -0.05) is 46.3 Å². The van der Waals surface area contributed by atoms with Crippen molar-refractivity contribution in [3.63, 3.8) is 0 Å². The molecule has 0 fully saturated rings. The number of nitrogens with one attached hydrogen (secondary N) is 1. The quantitative estimate of drug-likeness (QED) is 0.782. The number of aromatic amines is 1. The van der Waals surface area contributed by atoms with Crippen LogP contribution < -0.4 is 10.5 Å². The number of halogens is 1. The molecule has 0 atom stereocenters. The maximum absolute atomic E-state index is 11.8. The van der Waals surface area contributed by atoms with Gasteiger partial charge in [0, 0.05) is 29.5 Å². The summed E-state index contributed by atoms with van der Waals surface area (Å²) in [4.78, 5) is 16.8. The average molecular weight is 343 g/mol. The van der Waals surface area contributed by atoms with Gasteiger partial charge in [-0.3, -0.25) is 4.79 Å². The molecule has 0 aliphatic rings. The number of H-pyrrole nitrogens is 1. The number of pyridine rings is 1. The van der Waals surface area contributed by atoms with Crippen molar-refractivity contribution < 1.29 is 0 Å². The standard InChI is InChI=1S/C17H15BrN2O/c1-20(11-12-6-8-13(18)9-7-12)16-10-17(21)19-15-5-3-2-4-14(15)16/h2-10H,11H2,1H3,(H,19,21). The molecular formula is C17H15BrN2O. The number of benzene rings is 2. The van der Waals surface area contributed by atoms with Crippen molar-refractivity contribution in [1.29, 1.82) is 0 Å². The normalized spacial score (nSPS) is 10.8. The summed E-state index contributed by atoms with van der Waals surface area (Å²) in [7, 11) is 2.00. The van der Waals surface area contributed by atoms with Gasteiger partial charge in [-0.05, 0) is 23.8 Å². The van der Waals surface area contributed by atoms with Crippen LogP contribution in [0.25, 0.3) is 10.9 Å². The molecule has 0 aliphatic carbocycles. The van der Waals surface area contributed by atoms with Gasteiger partial charge >= 0.3 is 0 Å². The zero-order valence-electron chi connectivity index (χ0n) is 11.6. The molecule has 0 saturated heterocycles. The van der Waals surface area contributed by atoms with Gasteiger partial charge in [0.25, 0.3) is 0 Å². The van der Waals surface area contributed by atoms with Crippen LogP contribution in [0, 0.1) is 0 Å². The number of aromatic nitrogens is 1. The second-order valence-electron chi connectivity index (χ2n) is 5.05. The molecule has 1 heterocycles. The van der Waals surface area contributed by atoms with Crippen molar-refractivity contribution in [2.45, 2.75) is 6.54 Å². The van der Waals surface area contributed by atoms with Crippen LogP contribution in [0.4, 0.5) is 5.69 Å². The lowest BCUT2D eigenvalue weighted by Crippen LogP contribution is -2.19. The highest BCUT2D eigenvalue weighted by atomic mass is 79.9. The van der Waals surface area contributed by atoms with E-state index in [9.17, 15) is 4.79 Å². The summed E-state index contributed by atoms with van der Waals surface area (Å²) in [6.45, 7) is 0.751. The number of anilines is 1. The van der Waals surface area contributed by atoms with Crippen molar-refractivity contribution in [2.75, 3.05) is 11.9 Å². The Hall–Kier alpha value is -2.07. The lowest BCUT2D eigenvalue weighted by molar-refractivity contribution is 0.925. The Morgan fingerprint density at radius 2 is 1.81 bits per heavy atom. The third-order valence-electron chi connectivity index (χ3n) is 3.47. The summed E-state index contributed by atoms with van der Waals surface area (Å²) < 4.78 is 1.07. The Bertz CT molecular complexity index is 824. The van der Waals surface area contributed by atoms with Gasteiger partial charge in [-0.25, -0.2) is 0 Å². The van der Waals surface area contributed by atoms with Gasteiger partial charge < -0.3 is 9.88 Å². The summed E-state index contributed by atoms with van der Waals surface area (Å²) >= 11 is 3.44. The average Bonchev–Trinajstić information content (AvgIpc) is 2.48. The minimum Gasteiger partial charge on any atom is -0.370 e. The molecule has 2 aromatic carbocycles. The predicted molar refractivity (Wildman–Crippen MR) is 90.8 cm³/mol. The first-order valence-electron chi connectivity index (χ1n) is 6.71. The van der Waals surface area contributed by atoms with Gasteiger partial charge in [0.2, 0.25) is 5.56 Å². The van der Waals surface area contributed by atoms with Crippen molar-refractivity contribution in [2.24, 2.45) is 0 Å². The predicted octanol–water partition coefficient (Wildman–Crippen LogP) is 3.93. The number of nitrogens with zero attached hydrogens (tertiary/aromatic N) is 1. The third-order valence-corrected chi connectivity index (χ3v) is 4.00. The Labute approximate surface area is 131 Å². The molecule has 106 valence electrons. The van der Waals surface area contributed by atoms with Gasteiger partial charge in [0.1, 0.15) is 0 Å². The third kappa shape index (κ3) is 3.00. The van der Waals surface area contributed by atoms with Gasteiger partial charge in [-0.2, -0.15) is 0 Å². The molecular weight excluding hydrogens is 328 g/mol. The first-order valence-corrected chi connectivity index (χ1v) is 7.50. The lowest BCUT2D eigenvalue weighted by atomic mass is 10.1. The fourth-order valence-corrected chi connectivity index (χ4v) is 2.72. The maximum Gasteiger partial charge on any atom is 0.250 e. The molecule has 0 radical (unpaired) electrons. The van der Waals surface area contributed by atoms with E-state index in [1.54, 1.807) is 6.07 Å². The SMILES string of the molecule is CN(Cc1ccc(Br)cc1)c1cc(=O)[nH]c2ccccc12. The van der Waals surface area contributed by atoms with Crippen LogP contribution in [0.1, 0.15) is 5.56 Å². The number of hydrogen-bond donors (Lipinski definition) is 1. The summed E-state index contributed by atoms with van der Waals surface area (Å²) in [6, 6.07) is 17.7. The zero-order valence-corrected chi connectivity index (χ0v) is 13.2. The Morgan fingerprint density at radius 3 is 2.57 bits per heavy atom. The monoisotopic (exact) mass is 342 g/mol. The van der Waals surface area contributed by atoms with Crippen LogP contribution in [0.2, 0.25) is 0 Å². The van der Waals surface area contributed by atoms with E-state index in [0.29, 0.717) is 0 Å². The van der Waals surface area contributed by atoms with Crippen LogP contribution in [-0.4, -0.2) is 12.0 Å². The van der Waals surface area contributed by atoms with E-state index in [0.717, 1.165) is 27.6 Å². The van der Waals surface area contributed by atoms with E-state index in [2.05, 4.69) is 37.9 Å². The van der Waals surface area contributed by atoms with Crippen LogP contribution in [0.15, 0.2) is 63.9 Å². The molecule has 21 heavy (non-hydrogen) atoms. The number of fused-ring (bicyclic) bond motifs is 1. The molecule has 4 heteroatoms. The molecule has 3 nitrogen and oxygen atoms in total. The highest BCUT2D eigenvalue weighted by Gasteiger charge is 2.08. The summed E-state index contributed by atoms with van der Waals surface area (Å²) in [5, 5.41) is 1.05. The van der Waals surface area contributed by atoms with Gasteiger partial charge in [-0.15, -0.1) is 0 Å². The van der Waals surface area contributed by atoms with Crippen LogP contribution in [0.3, 0.4) is 0 Å². The van der Waals surface area contributed by atoms with Gasteiger partial charge in [0.05, 0.1) is 11.2 Å². The molecule has 1 aromatic heterocycles. The highest BCUT2D eigenvalue weighted by molar-refractivity contribution is 9.10. The largest absolute Gasteiger partial charge is 0.370 e. The van der Waals surface area contributed by atoms with E-state index >= 15 is 0 Å². The summed E-state index contributed by atoms with van der Waals surface area (Å²) in [5.74, 6) is 0. The van der Waals surface area contributed by atoms with Crippen molar-refractivity contribution >= 4 is 32.5 Å². The Morgan fingerprint density at radius 1 is 1.10 bits per heavy atom. The summed E-state index contributed by atoms with van der Waals surface area (Å²) in [5.41, 5.74) is 2.93. The molecule has 0 amide bonds. The Kier molecular flexibility index (Phi) is 3.80. The molecule has 1 N–H and O–H groups in total. The maximum atomic E-state index is 11.8. The summed E-state index contributed by atoms with van der Waals surface area (Å²) in [6.07, 6.45) is 0. The molecule has 0 spiro atoms. The fourth-order valence-electron chi connectivity index (χ4n) is 2.45. The van der Waals surface area contributed by atoms with E-state index < -0.39 is 0 Å². The van der Waals surface area contributed by atoms with Crippen LogP contribution >= 0.6 is 15.9 Å². The molecule has 0 bridgehead atoms. The molecule has 0 unspecified atom stereocenters. The smallest absolute Gasteiger partial charge is 0.250 e. The molecule has 0 aliphatic heterocycles. The van der Waals surface area contributed by atoms with E-state index in [-0.39, 0.29) is 5.56 Å². The topological polar surface area (TPSA) is 36.1 Å². The van der Waals surface area contributed by atoms with Crippen molar-refractivity contribution in [1.82, 2.24) is 4.98 Å².